The number of hydrogen-bond donors (Lipinski definition) is 2. The number of hydrogen-bond acceptors (Lipinski definition) is 4. The van der Waals surface area contributed by atoms with Gasteiger partial charge in [0.1, 0.15) is 0 Å². The predicted molar refractivity (Wildman–Crippen MR) is 215 cm³/mol. The highest BCUT2D eigenvalue weighted by molar-refractivity contribution is 6.31. The van der Waals surface area contributed by atoms with Gasteiger partial charge in [0.05, 0.1) is 0 Å². The first-order valence-corrected chi connectivity index (χ1v) is 20.2. The third kappa shape index (κ3) is 16.1. The Hall–Kier alpha value is -2.27. The van der Waals surface area contributed by atoms with E-state index in [0.29, 0.717) is 12.0 Å². The number of ketones is 1. The second-order valence-corrected chi connectivity index (χ2v) is 15.0. The zero-order valence-electron chi connectivity index (χ0n) is 33.5. The number of benzene rings is 1. The van der Waals surface area contributed by atoms with Crippen molar-refractivity contribution in [1.82, 2.24) is 10.6 Å². The van der Waals surface area contributed by atoms with Gasteiger partial charge in [-0.1, -0.05) is 104 Å². The molecule has 1 aromatic rings. The molecule has 4 unspecified atom stereocenters. The van der Waals surface area contributed by atoms with Crippen LogP contribution in [0.1, 0.15) is 158 Å². The summed E-state index contributed by atoms with van der Waals surface area (Å²) in [5, 5.41) is 7.53. The van der Waals surface area contributed by atoms with Crippen LogP contribution >= 0.6 is 11.6 Å². The molecule has 2 aliphatic rings. The van der Waals surface area contributed by atoms with E-state index >= 15 is 0 Å². The summed E-state index contributed by atoms with van der Waals surface area (Å²) in [6.07, 6.45) is 15.4. The van der Waals surface area contributed by atoms with Gasteiger partial charge in [-0.15, -0.1) is 0 Å². The standard InChI is InChI=1S/C19H31NO.C13H20ClN.C11H23NO/c1-6-12(3)8-9-20-17-11-15-10-16(15)19(17)18(14(5)21)13(4)7-2;1-4-9-15(10-5-2)13-8-6-7-12(14)11(13)3;1-4-6-7-9-11(8-5-2)12-10(3)13/h12,15-16,20H,6-11H2,1-5H3;6-8H,4-5,9-10H2,1-3H3;11H,4-9H2,1-3H3,(H,12,13). The van der Waals surface area contributed by atoms with Gasteiger partial charge in [-0.25, -0.2) is 0 Å². The van der Waals surface area contributed by atoms with Crippen LogP contribution < -0.4 is 15.5 Å². The molecule has 1 amide bonds. The second-order valence-electron chi connectivity index (χ2n) is 14.5. The predicted octanol–water partition coefficient (Wildman–Crippen LogP) is 11.8. The van der Waals surface area contributed by atoms with E-state index in [2.05, 4.69) is 83.9 Å². The Kier molecular flexibility index (Phi) is 22.7. The Bertz CT molecular complexity index is 1180. The summed E-state index contributed by atoms with van der Waals surface area (Å²) in [6, 6.07) is 6.56. The number of anilines is 1. The van der Waals surface area contributed by atoms with Crippen molar-refractivity contribution in [1.29, 1.82) is 0 Å². The molecule has 1 fully saturated rings. The number of halogens is 1. The highest BCUT2D eigenvalue weighted by Crippen LogP contribution is 2.57. The smallest absolute Gasteiger partial charge is 0.217 e. The molecule has 6 heteroatoms. The minimum absolute atomic E-state index is 0.106. The minimum atomic E-state index is 0.106. The van der Waals surface area contributed by atoms with Crippen LogP contribution in [-0.4, -0.2) is 37.4 Å². The fourth-order valence-electron chi connectivity index (χ4n) is 6.89. The Balaban J connectivity index is 0.000000382. The third-order valence-corrected chi connectivity index (χ3v) is 10.5. The summed E-state index contributed by atoms with van der Waals surface area (Å²) in [4.78, 5) is 25.4. The van der Waals surface area contributed by atoms with Crippen LogP contribution in [0.5, 0.6) is 0 Å². The molecule has 0 radical (unpaired) electrons. The second kappa shape index (κ2) is 24.8. The first-order valence-electron chi connectivity index (χ1n) is 19.8. The van der Waals surface area contributed by atoms with Gasteiger partial charge in [-0.2, -0.15) is 0 Å². The number of allylic oxidation sites excluding steroid dienone is 4. The number of nitrogens with one attached hydrogen (secondary N) is 2. The Labute approximate surface area is 307 Å². The van der Waals surface area contributed by atoms with Crippen molar-refractivity contribution in [2.24, 2.45) is 17.8 Å². The van der Waals surface area contributed by atoms with Gasteiger partial charge in [0, 0.05) is 54.6 Å². The summed E-state index contributed by atoms with van der Waals surface area (Å²) in [6.45, 7) is 26.3. The first kappa shape index (κ1) is 44.8. The molecule has 280 valence electrons. The van der Waals surface area contributed by atoms with Gasteiger partial charge in [-0.3, -0.25) is 9.59 Å². The van der Waals surface area contributed by atoms with Crippen LogP contribution in [0.25, 0.3) is 0 Å². The van der Waals surface area contributed by atoms with Crippen LogP contribution in [0.4, 0.5) is 5.69 Å². The Morgan fingerprint density at radius 3 is 2.12 bits per heavy atom. The van der Waals surface area contributed by atoms with E-state index in [1.807, 2.05) is 12.1 Å². The van der Waals surface area contributed by atoms with Crippen molar-refractivity contribution < 1.29 is 9.59 Å². The summed E-state index contributed by atoms with van der Waals surface area (Å²) < 4.78 is 0. The minimum Gasteiger partial charge on any atom is -0.388 e. The molecule has 1 saturated carbocycles. The highest BCUT2D eigenvalue weighted by atomic mass is 35.5. The Morgan fingerprint density at radius 1 is 0.918 bits per heavy atom. The maximum absolute atomic E-state index is 12.1. The van der Waals surface area contributed by atoms with E-state index in [1.165, 1.54) is 79.5 Å². The lowest BCUT2D eigenvalue weighted by Crippen LogP contribution is -2.32. The van der Waals surface area contributed by atoms with E-state index < -0.39 is 0 Å². The summed E-state index contributed by atoms with van der Waals surface area (Å²) in [5.41, 5.74) is 7.51. The molecule has 3 rings (SSSR count). The van der Waals surface area contributed by atoms with Crippen LogP contribution in [0, 0.1) is 24.7 Å². The number of unbranched alkanes of at least 4 members (excludes halogenated alkanes) is 2. The molecule has 0 heterocycles. The first-order chi connectivity index (χ1) is 23.4. The Morgan fingerprint density at radius 2 is 1.59 bits per heavy atom. The van der Waals surface area contributed by atoms with E-state index in [4.69, 9.17) is 11.6 Å². The van der Waals surface area contributed by atoms with Gasteiger partial charge in [0.15, 0.2) is 5.78 Å². The van der Waals surface area contributed by atoms with Gasteiger partial charge >= 0.3 is 0 Å². The SMILES string of the molecule is CCC(C)=C(C(C)=O)C1=C(NCCC(C)CC)CC2CC12.CCCCCC(CCC)NC(C)=O.CCCN(CCC)c1cccc(Cl)c1C. The fraction of sp³-hybridized carbons (Fsp3) is 0.721. The lowest BCUT2D eigenvalue weighted by atomic mass is 9.92. The number of carbonyl (C=O) groups is 2. The van der Waals surface area contributed by atoms with Crippen molar-refractivity contribution in [2.45, 2.75) is 166 Å². The third-order valence-electron chi connectivity index (χ3n) is 10.1. The average Bonchev–Trinajstić information content (AvgIpc) is 3.74. The molecular formula is C43H74ClN3O2. The molecule has 1 aromatic carbocycles. The maximum atomic E-state index is 12.1. The van der Waals surface area contributed by atoms with Crippen molar-refractivity contribution in [2.75, 3.05) is 24.5 Å². The molecule has 2 aliphatic carbocycles. The molecule has 0 aliphatic heterocycles. The molecule has 0 aromatic heterocycles. The maximum Gasteiger partial charge on any atom is 0.217 e. The average molecular weight is 701 g/mol. The number of amides is 1. The quantitative estimate of drug-likeness (QED) is 0.105. The number of fused-ring (bicyclic) bond motifs is 1. The number of rotatable bonds is 20. The molecule has 5 nitrogen and oxygen atoms in total. The van der Waals surface area contributed by atoms with Gasteiger partial charge in [-0.05, 0) is 113 Å². The van der Waals surface area contributed by atoms with Crippen LogP contribution in [0.15, 0.2) is 40.6 Å². The summed E-state index contributed by atoms with van der Waals surface area (Å²) in [5.74, 6) is 2.60. The molecular weight excluding hydrogens is 626 g/mol. The van der Waals surface area contributed by atoms with E-state index in [9.17, 15) is 9.59 Å². The largest absolute Gasteiger partial charge is 0.388 e. The molecule has 4 atom stereocenters. The summed E-state index contributed by atoms with van der Waals surface area (Å²) in [7, 11) is 0. The molecule has 0 spiro atoms. The van der Waals surface area contributed by atoms with E-state index in [-0.39, 0.29) is 11.7 Å². The topological polar surface area (TPSA) is 61.4 Å². The van der Waals surface area contributed by atoms with E-state index in [0.717, 1.165) is 74.2 Å². The fourth-order valence-corrected chi connectivity index (χ4v) is 7.06. The zero-order valence-corrected chi connectivity index (χ0v) is 34.3. The van der Waals surface area contributed by atoms with Crippen LogP contribution in [0.2, 0.25) is 5.02 Å². The number of Topliss-reactive ketones (excluding diaryl/α,β-unsaturated/α-hetero) is 1. The van der Waals surface area contributed by atoms with Crippen LogP contribution in [0.3, 0.4) is 0 Å². The monoisotopic (exact) mass is 700 g/mol. The summed E-state index contributed by atoms with van der Waals surface area (Å²) >= 11 is 6.13. The van der Waals surface area contributed by atoms with Crippen molar-refractivity contribution in [3.8, 4) is 0 Å². The van der Waals surface area contributed by atoms with Crippen molar-refractivity contribution in [3.05, 3.63) is 51.2 Å². The van der Waals surface area contributed by atoms with E-state index in [1.54, 1.807) is 13.8 Å². The normalized spacial score (nSPS) is 17.8. The highest BCUT2D eigenvalue weighted by Gasteiger charge is 2.48. The lowest BCUT2D eigenvalue weighted by Gasteiger charge is -2.25. The molecule has 2 N–H and O–H groups in total. The van der Waals surface area contributed by atoms with Gasteiger partial charge in [0.2, 0.25) is 5.91 Å². The van der Waals surface area contributed by atoms with Crippen LogP contribution in [-0.2, 0) is 9.59 Å². The zero-order chi connectivity index (χ0) is 36.9. The lowest BCUT2D eigenvalue weighted by molar-refractivity contribution is -0.119. The number of nitrogens with zero attached hydrogens (tertiary/aromatic N) is 1. The van der Waals surface area contributed by atoms with Gasteiger partial charge in [0.25, 0.3) is 0 Å². The van der Waals surface area contributed by atoms with Gasteiger partial charge < -0.3 is 15.5 Å². The van der Waals surface area contributed by atoms with Crippen molar-refractivity contribution in [3.63, 3.8) is 0 Å². The van der Waals surface area contributed by atoms with Crippen molar-refractivity contribution >= 4 is 29.0 Å². The molecule has 0 bridgehead atoms. The number of carbonyl (C=O) groups excluding carboxylic acids is 2. The molecule has 0 saturated heterocycles. The molecule has 49 heavy (non-hydrogen) atoms.